The van der Waals surface area contributed by atoms with Crippen molar-refractivity contribution in [2.45, 2.75) is 177 Å². The summed E-state index contributed by atoms with van der Waals surface area (Å²) in [6.07, 6.45) is 9.54. The summed E-state index contributed by atoms with van der Waals surface area (Å²) in [5, 5.41) is 11.1. The van der Waals surface area contributed by atoms with Crippen molar-refractivity contribution >= 4 is 28.4 Å². The van der Waals surface area contributed by atoms with Crippen LogP contribution in [0.2, 0.25) is 36.3 Å². The number of allylic oxidation sites excluding steroid dienone is 4. The largest absolute Gasteiger partial charge is 0.545 e. The Balaban J connectivity index is 1.67. The standard InChI is InChI=1S/C45H75NO5Si2/c1-38(2,3)52(14,15)50-25-24-41(9)33-18-19-43(11)34(42(33,10)27-30(29-46)36(41)51-53(16,17)39(4,5)6)26-32(47)35-31-28-40(7,8)20-22-45(31,37(48)49-13)23-21-44(35,43)12/h26,31,33,35H,18-25,27-28H2,1-17H3/t31-,33-,35-,41-,42-,43+,44+,45-/m0/s1. The minimum atomic E-state index is -2.32. The molecule has 6 nitrogen and oxygen atoms in total. The summed E-state index contributed by atoms with van der Waals surface area (Å²) in [4.78, 5) is 28.8. The molecular weight excluding hydrogens is 691 g/mol. The summed E-state index contributed by atoms with van der Waals surface area (Å²) in [6.45, 7) is 37.7. The van der Waals surface area contributed by atoms with Crippen molar-refractivity contribution in [3.05, 3.63) is 23.0 Å². The van der Waals surface area contributed by atoms with E-state index in [-0.39, 0.29) is 55.8 Å². The van der Waals surface area contributed by atoms with E-state index in [4.69, 9.17) is 13.6 Å². The van der Waals surface area contributed by atoms with Crippen molar-refractivity contribution in [2.75, 3.05) is 13.7 Å². The molecule has 53 heavy (non-hydrogen) atoms. The molecule has 0 saturated heterocycles. The first-order valence-electron chi connectivity index (χ1n) is 20.7. The Labute approximate surface area is 325 Å². The number of ketones is 1. The molecule has 5 rings (SSSR count). The second-order valence-corrected chi connectivity index (χ2v) is 32.6. The third-order valence-electron chi connectivity index (χ3n) is 17.6. The quantitative estimate of drug-likeness (QED) is 0.189. The Morgan fingerprint density at radius 2 is 1.49 bits per heavy atom. The Morgan fingerprint density at radius 3 is 2.04 bits per heavy atom. The summed E-state index contributed by atoms with van der Waals surface area (Å²) in [5.74, 6) is 0.853. The molecule has 3 fully saturated rings. The number of carbonyl (C=O) groups is 2. The van der Waals surface area contributed by atoms with Crippen molar-refractivity contribution in [1.29, 1.82) is 5.26 Å². The molecule has 0 aromatic heterocycles. The van der Waals surface area contributed by atoms with E-state index in [0.29, 0.717) is 13.0 Å². The van der Waals surface area contributed by atoms with Gasteiger partial charge in [0.25, 0.3) is 0 Å². The van der Waals surface area contributed by atoms with E-state index in [1.807, 2.05) is 0 Å². The predicted octanol–water partition coefficient (Wildman–Crippen LogP) is 11.9. The monoisotopic (exact) mass is 766 g/mol. The number of nitrogens with zero attached hydrogens (tertiary/aromatic N) is 1. The van der Waals surface area contributed by atoms with Crippen LogP contribution in [-0.2, 0) is 23.2 Å². The molecule has 0 bridgehead atoms. The molecule has 0 aromatic carbocycles. The second-order valence-electron chi connectivity index (χ2n) is 23.1. The van der Waals surface area contributed by atoms with E-state index < -0.39 is 32.9 Å². The van der Waals surface area contributed by atoms with Crippen LogP contribution in [0.4, 0.5) is 0 Å². The highest BCUT2D eigenvalue weighted by molar-refractivity contribution is 6.74. The van der Waals surface area contributed by atoms with E-state index in [1.165, 1.54) is 12.7 Å². The topological polar surface area (TPSA) is 85.6 Å². The zero-order valence-corrected chi connectivity index (χ0v) is 38.9. The highest BCUT2D eigenvalue weighted by atomic mass is 28.4. The van der Waals surface area contributed by atoms with Crippen molar-refractivity contribution in [2.24, 2.45) is 50.2 Å². The molecule has 0 radical (unpaired) electrons. The Bertz CT molecular complexity index is 1620. The number of esters is 1. The van der Waals surface area contributed by atoms with Gasteiger partial charge in [-0.2, -0.15) is 5.26 Å². The molecule has 8 atom stereocenters. The van der Waals surface area contributed by atoms with Gasteiger partial charge in [-0.15, -0.1) is 0 Å². The molecule has 3 saturated carbocycles. The zero-order valence-electron chi connectivity index (χ0n) is 36.9. The normalized spacial score (nSPS) is 38.8. The third-order valence-corrected chi connectivity index (χ3v) is 26.4. The van der Waals surface area contributed by atoms with Gasteiger partial charge in [-0.25, -0.2) is 0 Å². The molecule has 5 aliphatic rings. The molecule has 0 N–H and O–H groups in total. The molecule has 0 unspecified atom stereocenters. The van der Waals surface area contributed by atoms with Gasteiger partial charge in [0.15, 0.2) is 14.1 Å². The minimum absolute atomic E-state index is 0.0268. The maximum absolute atomic E-state index is 15.1. The van der Waals surface area contributed by atoms with Crippen molar-refractivity contribution in [3.8, 4) is 6.07 Å². The minimum Gasteiger partial charge on any atom is -0.545 e. The highest BCUT2D eigenvalue weighted by Gasteiger charge is 2.71. The maximum atomic E-state index is 15.1. The van der Waals surface area contributed by atoms with Gasteiger partial charge in [0.05, 0.1) is 29.9 Å². The Morgan fingerprint density at radius 1 is 0.906 bits per heavy atom. The van der Waals surface area contributed by atoms with Crippen LogP contribution in [0.5, 0.6) is 0 Å². The first kappa shape index (κ1) is 42.4. The summed E-state index contributed by atoms with van der Waals surface area (Å²) in [7, 11) is -2.83. The van der Waals surface area contributed by atoms with Gasteiger partial charge in [-0.05, 0) is 134 Å². The Hall–Kier alpha value is -1.70. The first-order valence-corrected chi connectivity index (χ1v) is 26.6. The zero-order chi connectivity index (χ0) is 40.2. The second kappa shape index (κ2) is 12.9. The number of methoxy groups -OCH3 is 1. The summed E-state index contributed by atoms with van der Waals surface area (Å²) in [5.41, 5.74) is 0.0191. The smallest absolute Gasteiger partial charge is 0.312 e. The van der Waals surface area contributed by atoms with E-state index in [1.54, 1.807) is 0 Å². The van der Waals surface area contributed by atoms with Crippen LogP contribution in [0.3, 0.4) is 0 Å². The number of ether oxygens (including phenoxy) is 1. The molecule has 5 aliphatic carbocycles. The van der Waals surface area contributed by atoms with Gasteiger partial charge in [0.1, 0.15) is 0 Å². The average Bonchev–Trinajstić information content (AvgIpc) is 3.01. The van der Waals surface area contributed by atoms with Gasteiger partial charge in [-0.3, -0.25) is 9.59 Å². The number of hydrogen-bond acceptors (Lipinski definition) is 6. The fourth-order valence-corrected chi connectivity index (χ4v) is 14.1. The number of rotatable bonds is 7. The molecule has 0 heterocycles. The van der Waals surface area contributed by atoms with Gasteiger partial charge >= 0.3 is 5.97 Å². The summed E-state index contributed by atoms with van der Waals surface area (Å²) in [6, 6.07) is 2.71. The molecule has 0 aromatic rings. The van der Waals surface area contributed by atoms with Crippen LogP contribution in [-0.4, -0.2) is 42.1 Å². The van der Waals surface area contributed by atoms with E-state index >= 15 is 4.79 Å². The number of hydrogen-bond donors (Lipinski definition) is 0. The van der Waals surface area contributed by atoms with Crippen LogP contribution >= 0.6 is 0 Å². The molecule has 0 aliphatic heterocycles. The van der Waals surface area contributed by atoms with E-state index in [9.17, 15) is 10.1 Å². The van der Waals surface area contributed by atoms with E-state index in [0.717, 1.165) is 62.7 Å². The molecular formula is C45H75NO5Si2. The SMILES string of the molecule is COC(=O)[C@]12CCC(C)(C)C[C@H]1[C@H]1C(=O)C=C3[C@@]4(C)CC(C#N)=C(O[Si](C)(C)C(C)(C)C)[C@@](C)(CCO[Si](C)(C)C(C)(C)C)[C@@H]4CC[C@@]3(C)[C@]1(C)CC2. The van der Waals surface area contributed by atoms with Crippen LogP contribution in [0.15, 0.2) is 23.0 Å². The van der Waals surface area contributed by atoms with Crippen LogP contribution < -0.4 is 0 Å². The van der Waals surface area contributed by atoms with Crippen LogP contribution in [0, 0.1) is 61.6 Å². The predicted molar refractivity (Wildman–Crippen MR) is 220 cm³/mol. The van der Waals surface area contributed by atoms with Crippen LogP contribution in [0.25, 0.3) is 0 Å². The first-order chi connectivity index (χ1) is 23.9. The fraction of sp³-hybridized carbons (Fsp3) is 0.844. The van der Waals surface area contributed by atoms with Gasteiger partial charge < -0.3 is 13.6 Å². The lowest BCUT2D eigenvalue weighted by atomic mass is 9.34. The number of carbonyl (C=O) groups excluding carboxylic acids is 2. The lowest BCUT2D eigenvalue weighted by Gasteiger charge is -2.69. The highest BCUT2D eigenvalue weighted by Crippen LogP contribution is 2.76. The Kier molecular flexibility index (Phi) is 10.3. The molecule has 0 amide bonds. The fourth-order valence-electron chi connectivity index (χ4n) is 11.9. The van der Waals surface area contributed by atoms with Crippen molar-refractivity contribution < 1.29 is 23.2 Å². The van der Waals surface area contributed by atoms with Crippen molar-refractivity contribution in [3.63, 3.8) is 0 Å². The third kappa shape index (κ3) is 6.32. The average molecular weight is 766 g/mol. The lowest BCUT2D eigenvalue weighted by molar-refractivity contribution is -0.192. The molecule has 8 heteroatoms. The summed E-state index contributed by atoms with van der Waals surface area (Å²) >= 11 is 0. The number of nitriles is 1. The lowest BCUT2D eigenvalue weighted by Crippen LogP contribution is -2.66. The van der Waals surface area contributed by atoms with E-state index in [2.05, 4.69) is 121 Å². The molecule has 0 spiro atoms. The van der Waals surface area contributed by atoms with Crippen LogP contribution in [0.1, 0.15) is 141 Å². The number of fused-ring (bicyclic) bond motifs is 7. The van der Waals surface area contributed by atoms with Gasteiger partial charge in [0.2, 0.25) is 8.32 Å². The maximum Gasteiger partial charge on any atom is 0.312 e. The molecule has 298 valence electrons. The van der Waals surface area contributed by atoms with Gasteiger partial charge in [0, 0.05) is 17.9 Å². The van der Waals surface area contributed by atoms with Crippen molar-refractivity contribution in [1.82, 2.24) is 0 Å². The summed E-state index contributed by atoms with van der Waals surface area (Å²) < 4.78 is 19.8. The van der Waals surface area contributed by atoms with Gasteiger partial charge in [-0.1, -0.05) is 88.7 Å².